The minimum atomic E-state index is -3.05. The van der Waals surface area contributed by atoms with E-state index in [0.717, 1.165) is 30.6 Å². The van der Waals surface area contributed by atoms with Gasteiger partial charge in [-0.2, -0.15) is 0 Å². The Bertz CT molecular complexity index is 1010. The number of benzene rings is 2. The summed E-state index contributed by atoms with van der Waals surface area (Å²) in [7, 11) is -3.05. The zero-order valence-electron chi connectivity index (χ0n) is 19.4. The third-order valence-corrected chi connectivity index (χ3v) is 7.81. The highest BCUT2D eigenvalue weighted by Gasteiger charge is 2.33. The highest BCUT2D eigenvalue weighted by molar-refractivity contribution is 7.91. The molecule has 1 heterocycles. The van der Waals surface area contributed by atoms with Gasteiger partial charge in [-0.1, -0.05) is 24.3 Å². The predicted octanol–water partition coefficient (Wildman–Crippen LogP) is 2.77. The first-order valence-corrected chi connectivity index (χ1v) is 13.3. The van der Waals surface area contributed by atoms with Crippen LogP contribution in [0.3, 0.4) is 0 Å². The lowest BCUT2D eigenvalue weighted by Crippen LogP contribution is -2.42. The highest BCUT2D eigenvalue weighted by Crippen LogP contribution is 2.22. The lowest BCUT2D eigenvalue weighted by Gasteiger charge is -2.30. The number of rotatable bonds is 12. The van der Waals surface area contributed by atoms with E-state index in [-0.39, 0.29) is 24.2 Å². The van der Waals surface area contributed by atoms with Crippen molar-refractivity contribution in [2.75, 3.05) is 42.6 Å². The Morgan fingerprint density at radius 2 is 1.88 bits per heavy atom. The summed E-state index contributed by atoms with van der Waals surface area (Å²) in [5, 5.41) is 10.7. The Balaban J connectivity index is 1.67. The van der Waals surface area contributed by atoms with E-state index in [1.807, 2.05) is 4.90 Å². The average molecular weight is 475 g/mol. The number of anilines is 1. The van der Waals surface area contributed by atoms with Gasteiger partial charge in [0, 0.05) is 43.5 Å². The molecule has 2 aromatic rings. The Labute approximate surface area is 196 Å². The van der Waals surface area contributed by atoms with Gasteiger partial charge >= 0.3 is 0 Å². The zero-order chi connectivity index (χ0) is 23.8. The van der Waals surface area contributed by atoms with Crippen LogP contribution in [-0.4, -0.2) is 74.6 Å². The number of hydrogen-bond donors (Lipinski definition) is 1. The quantitative estimate of drug-likeness (QED) is 0.473. The number of aliphatic hydroxyl groups is 1. The minimum absolute atomic E-state index is 0.0547. The van der Waals surface area contributed by atoms with Crippen LogP contribution < -0.4 is 9.64 Å². The van der Waals surface area contributed by atoms with Crippen molar-refractivity contribution in [1.29, 1.82) is 0 Å². The van der Waals surface area contributed by atoms with Crippen LogP contribution in [0.15, 0.2) is 48.5 Å². The number of aldehydes is 1. The Morgan fingerprint density at radius 1 is 1.15 bits per heavy atom. The summed E-state index contributed by atoms with van der Waals surface area (Å²) >= 11 is 0. The third-order valence-electron chi connectivity index (χ3n) is 6.06. The van der Waals surface area contributed by atoms with Crippen molar-refractivity contribution in [3.05, 3.63) is 59.7 Å². The van der Waals surface area contributed by atoms with Crippen LogP contribution in [-0.2, 0) is 16.4 Å². The molecule has 2 atom stereocenters. The molecule has 0 bridgehead atoms. The molecule has 8 heteroatoms. The third kappa shape index (κ3) is 7.28. The molecule has 0 radical (unpaired) electrons. The zero-order valence-corrected chi connectivity index (χ0v) is 20.2. The molecule has 3 rings (SSSR count). The van der Waals surface area contributed by atoms with Gasteiger partial charge in [-0.25, -0.2) is 8.42 Å². The first-order chi connectivity index (χ1) is 15.8. The average Bonchev–Trinajstić information content (AvgIpc) is 3.19. The Kier molecular flexibility index (Phi) is 8.88. The molecule has 0 saturated carbocycles. The van der Waals surface area contributed by atoms with E-state index in [9.17, 15) is 18.3 Å². The van der Waals surface area contributed by atoms with E-state index in [2.05, 4.69) is 43.0 Å². The topological polar surface area (TPSA) is 87.2 Å². The fourth-order valence-electron chi connectivity index (χ4n) is 4.23. The van der Waals surface area contributed by atoms with Gasteiger partial charge in [-0.15, -0.1) is 0 Å². The molecule has 0 spiro atoms. The molecule has 0 aromatic heterocycles. The number of ether oxygens (including phenoxy) is 1. The summed E-state index contributed by atoms with van der Waals surface area (Å²) in [5.74, 6) is 0.806. The number of carbonyl (C=O) groups is 1. The van der Waals surface area contributed by atoms with E-state index in [1.54, 1.807) is 24.3 Å². The first kappa shape index (κ1) is 25.2. The molecule has 7 nitrogen and oxygen atoms in total. The highest BCUT2D eigenvalue weighted by atomic mass is 32.2. The standard InChI is InChI=1S/C25H34N2O5S/c1-3-26(4-2)22-10-8-20(9-11-22)15-27(23-12-13-33(30,31)19-23)16-24(29)18-32-25-7-5-6-21(14-25)17-28/h5-11,14,17,23-24,29H,3-4,12-13,15-16,18-19H2,1-2H3. The number of carbonyl (C=O) groups excluding carboxylic acids is 1. The number of hydrogen-bond acceptors (Lipinski definition) is 7. The summed E-state index contributed by atoms with van der Waals surface area (Å²) in [6.07, 6.45) is 0.509. The van der Waals surface area contributed by atoms with Crippen molar-refractivity contribution in [3.8, 4) is 5.75 Å². The van der Waals surface area contributed by atoms with Crippen LogP contribution in [0, 0.1) is 0 Å². The fourth-order valence-corrected chi connectivity index (χ4v) is 6.00. The summed E-state index contributed by atoms with van der Waals surface area (Å²) in [4.78, 5) is 15.3. The number of nitrogens with zero attached hydrogens (tertiary/aromatic N) is 2. The summed E-state index contributed by atoms with van der Waals surface area (Å²) in [5.41, 5.74) is 2.74. The van der Waals surface area contributed by atoms with Crippen LogP contribution in [0.1, 0.15) is 36.2 Å². The predicted molar refractivity (Wildman–Crippen MR) is 131 cm³/mol. The monoisotopic (exact) mass is 474 g/mol. The van der Waals surface area contributed by atoms with Crippen molar-refractivity contribution < 1.29 is 23.1 Å². The van der Waals surface area contributed by atoms with Crippen LogP contribution in [0.5, 0.6) is 5.75 Å². The molecule has 0 amide bonds. The normalized spacial score (nSPS) is 18.2. The van der Waals surface area contributed by atoms with Crippen LogP contribution in [0.25, 0.3) is 0 Å². The molecule has 2 unspecified atom stereocenters. The molecule has 1 fully saturated rings. The van der Waals surface area contributed by atoms with E-state index >= 15 is 0 Å². The lowest BCUT2D eigenvalue weighted by atomic mass is 10.1. The van der Waals surface area contributed by atoms with E-state index in [4.69, 9.17) is 4.74 Å². The molecule has 1 saturated heterocycles. The smallest absolute Gasteiger partial charge is 0.151 e. The minimum Gasteiger partial charge on any atom is -0.491 e. The maximum absolute atomic E-state index is 12.1. The molecule has 2 aromatic carbocycles. The van der Waals surface area contributed by atoms with Crippen molar-refractivity contribution in [1.82, 2.24) is 4.90 Å². The van der Waals surface area contributed by atoms with Gasteiger partial charge in [-0.05, 0) is 50.1 Å². The second kappa shape index (κ2) is 11.6. The number of aliphatic hydroxyl groups excluding tert-OH is 1. The van der Waals surface area contributed by atoms with Gasteiger partial charge in [0.05, 0.1) is 11.5 Å². The molecule has 1 aliphatic heterocycles. The molecule has 1 N–H and O–H groups in total. The molecule has 33 heavy (non-hydrogen) atoms. The van der Waals surface area contributed by atoms with Crippen molar-refractivity contribution in [2.24, 2.45) is 0 Å². The molecule has 180 valence electrons. The van der Waals surface area contributed by atoms with Crippen molar-refractivity contribution in [2.45, 2.75) is 39.0 Å². The Hall–Kier alpha value is -2.42. The van der Waals surface area contributed by atoms with Crippen molar-refractivity contribution >= 4 is 21.8 Å². The maximum Gasteiger partial charge on any atom is 0.151 e. The van der Waals surface area contributed by atoms with E-state index in [0.29, 0.717) is 30.8 Å². The van der Waals surface area contributed by atoms with E-state index in [1.165, 1.54) is 0 Å². The largest absolute Gasteiger partial charge is 0.491 e. The second-order valence-corrected chi connectivity index (χ2v) is 10.7. The van der Waals surface area contributed by atoms with Gasteiger partial charge in [0.1, 0.15) is 24.7 Å². The summed E-state index contributed by atoms with van der Waals surface area (Å²) in [6.45, 7) is 7.02. The van der Waals surface area contributed by atoms with E-state index < -0.39 is 15.9 Å². The van der Waals surface area contributed by atoms with Crippen LogP contribution in [0.4, 0.5) is 5.69 Å². The SMILES string of the molecule is CCN(CC)c1ccc(CN(CC(O)COc2cccc(C=O)c2)C2CCS(=O)(=O)C2)cc1. The van der Waals surface area contributed by atoms with Gasteiger partial charge < -0.3 is 14.7 Å². The van der Waals surface area contributed by atoms with Gasteiger partial charge in [0.25, 0.3) is 0 Å². The summed E-state index contributed by atoms with van der Waals surface area (Å²) in [6, 6.07) is 14.9. The molecular formula is C25H34N2O5S. The van der Waals surface area contributed by atoms with Crippen LogP contribution >= 0.6 is 0 Å². The van der Waals surface area contributed by atoms with Gasteiger partial charge in [-0.3, -0.25) is 9.69 Å². The van der Waals surface area contributed by atoms with Crippen LogP contribution in [0.2, 0.25) is 0 Å². The maximum atomic E-state index is 12.1. The second-order valence-electron chi connectivity index (χ2n) is 8.48. The number of sulfone groups is 1. The molecular weight excluding hydrogens is 440 g/mol. The molecule has 1 aliphatic rings. The fraction of sp³-hybridized carbons (Fsp3) is 0.480. The first-order valence-electron chi connectivity index (χ1n) is 11.5. The lowest BCUT2D eigenvalue weighted by molar-refractivity contribution is 0.0524. The summed E-state index contributed by atoms with van der Waals surface area (Å²) < 4.78 is 29.9. The molecule has 0 aliphatic carbocycles. The van der Waals surface area contributed by atoms with Crippen molar-refractivity contribution in [3.63, 3.8) is 0 Å². The Morgan fingerprint density at radius 3 is 2.48 bits per heavy atom. The van der Waals surface area contributed by atoms with Gasteiger partial charge in [0.2, 0.25) is 0 Å². The van der Waals surface area contributed by atoms with Gasteiger partial charge in [0.15, 0.2) is 9.84 Å².